The van der Waals surface area contributed by atoms with Crippen molar-refractivity contribution in [2.24, 2.45) is 0 Å². The van der Waals surface area contributed by atoms with Crippen LogP contribution in [0.25, 0.3) is 0 Å². The second-order valence-electron chi connectivity index (χ2n) is 6.21. The maximum atomic E-state index is 12.1. The largest absolute Gasteiger partial charge is 0.454 e. The Bertz CT molecular complexity index is 788. The van der Waals surface area contributed by atoms with Crippen LogP contribution in [0.5, 0.6) is 0 Å². The van der Waals surface area contributed by atoms with E-state index in [1.807, 2.05) is 0 Å². The molecule has 0 aliphatic carbocycles. The molecule has 1 saturated heterocycles. The fourth-order valence-electron chi connectivity index (χ4n) is 2.55. The van der Waals surface area contributed by atoms with E-state index < -0.39 is 40.5 Å². The molecule has 148 valence electrons. The number of ether oxygens (including phenoxy) is 1. The zero-order valence-electron chi connectivity index (χ0n) is 15.3. The summed E-state index contributed by atoms with van der Waals surface area (Å²) < 4.78 is 29.2. The van der Waals surface area contributed by atoms with Crippen LogP contribution in [-0.2, 0) is 24.3 Å². The monoisotopic (exact) mass is 397 g/mol. The van der Waals surface area contributed by atoms with E-state index in [9.17, 15) is 22.8 Å². The van der Waals surface area contributed by atoms with E-state index in [0.717, 1.165) is 6.26 Å². The molecule has 1 atom stereocenters. The van der Waals surface area contributed by atoms with Gasteiger partial charge in [-0.15, -0.1) is 0 Å². The summed E-state index contributed by atoms with van der Waals surface area (Å²) >= 11 is 0. The summed E-state index contributed by atoms with van der Waals surface area (Å²) in [6.07, 6.45) is 1.12. The third kappa shape index (κ3) is 6.04. The van der Waals surface area contributed by atoms with Gasteiger partial charge >= 0.3 is 5.97 Å². The average Bonchev–Trinajstić information content (AvgIpc) is 2.65. The van der Waals surface area contributed by atoms with Crippen LogP contribution in [0.2, 0.25) is 0 Å². The van der Waals surface area contributed by atoms with Crippen LogP contribution >= 0.6 is 0 Å². The Hall–Kier alpha value is -2.46. The summed E-state index contributed by atoms with van der Waals surface area (Å²) in [6.45, 7) is 1.92. The summed E-state index contributed by atoms with van der Waals surface area (Å²) in [5.41, 5.74) is 0.414. The molecule has 27 heavy (non-hydrogen) atoms. The lowest BCUT2D eigenvalue weighted by atomic mass is 10.2. The van der Waals surface area contributed by atoms with Crippen molar-refractivity contribution in [3.63, 3.8) is 0 Å². The van der Waals surface area contributed by atoms with Gasteiger partial charge in [0.05, 0.1) is 6.26 Å². The van der Waals surface area contributed by atoms with Gasteiger partial charge in [-0.05, 0) is 19.1 Å². The molecule has 1 aliphatic heterocycles. The Kier molecular flexibility index (Phi) is 6.92. The fourth-order valence-corrected chi connectivity index (χ4v) is 3.37. The van der Waals surface area contributed by atoms with Gasteiger partial charge in [-0.1, -0.05) is 18.2 Å². The number of hydrogen-bond donors (Lipinski definition) is 1. The maximum Gasteiger partial charge on any atom is 0.328 e. The molecule has 1 N–H and O–H groups in total. The van der Waals surface area contributed by atoms with Gasteiger partial charge in [0.2, 0.25) is 10.0 Å². The number of sulfonamides is 1. The minimum absolute atomic E-state index is 0.210. The highest BCUT2D eigenvalue weighted by molar-refractivity contribution is 7.88. The quantitative estimate of drug-likeness (QED) is 0.645. The lowest BCUT2D eigenvalue weighted by Crippen LogP contribution is -2.51. The number of carbonyl (C=O) groups excluding carboxylic acids is 3. The molecule has 1 heterocycles. The van der Waals surface area contributed by atoms with Crippen molar-refractivity contribution >= 4 is 27.8 Å². The zero-order chi connectivity index (χ0) is 20.0. The van der Waals surface area contributed by atoms with Crippen molar-refractivity contribution in [3.05, 3.63) is 35.9 Å². The number of nitrogens with one attached hydrogen (secondary N) is 1. The molecule has 10 heteroatoms. The Balaban J connectivity index is 1.76. The number of nitrogens with zero attached hydrogens (tertiary/aromatic N) is 2. The zero-order valence-corrected chi connectivity index (χ0v) is 16.1. The van der Waals surface area contributed by atoms with E-state index in [1.54, 1.807) is 30.3 Å². The van der Waals surface area contributed by atoms with Crippen molar-refractivity contribution in [3.8, 4) is 0 Å². The van der Waals surface area contributed by atoms with Crippen molar-refractivity contribution in [1.82, 2.24) is 14.5 Å². The van der Waals surface area contributed by atoms with Crippen molar-refractivity contribution in [1.29, 1.82) is 0 Å². The first-order chi connectivity index (χ1) is 12.7. The van der Waals surface area contributed by atoms with Gasteiger partial charge in [0.15, 0.2) is 6.61 Å². The van der Waals surface area contributed by atoms with Gasteiger partial charge in [0.25, 0.3) is 11.8 Å². The molecule has 0 radical (unpaired) electrons. The lowest BCUT2D eigenvalue weighted by molar-refractivity contribution is -0.153. The molecule has 0 spiro atoms. The van der Waals surface area contributed by atoms with Crippen molar-refractivity contribution in [2.75, 3.05) is 39.0 Å². The highest BCUT2D eigenvalue weighted by Gasteiger charge is 2.27. The van der Waals surface area contributed by atoms with Crippen LogP contribution in [0.3, 0.4) is 0 Å². The predicted molar refractivity (Wildman–Crippen MR) is 97.3 cm³/mol. The van der Waals surface area contributed by atoms with E-state index in [0.29, 0.717) is 5.56 Å². The average molecular weight is 397 g/mol. The van der Waals surface area contributed by atoms with Crippen LogP contribution in [0.1, 0.15) is 17.3 Å². The number of piperazine rings is 1. The van der Waals surface area contributed by atoms with Crippen LogP contribution < -0.4 is 5.32 Å². The summed E-state index contributed by atoms with van der Waals surface area (Å²) in [5.74, 6) is -1.54. The summed E-state index contributed by atoms with van der Waals surface area (Å²) in [6, 6.07) is 7.52. The number of esters is 1. The highest BCUT2D eigenvalue weighted by atomic mass is 32.2. The number of hydrogen-bond acceptors (Lipinski definition) is 6. The van der Waals surface area contributed by atoms with E-state index in [-0.39, 0.29) is 26.2 Å². The molecular weight excluding hydrogens is 374 g/mol. The molecule has 0 aromatic heterocycles. The topological polar surface area (TPSA) is 113 Å². The molecule has 0 unspecified atom stereocenters. The Morgan fingerprint density at radius 3 is 2.26 bits per heavy atom. The predicted octanol–water partition coefficient (Wildman–Crippen LogP) is -0.548. The van der Waals surface area contributed by atoms with Gasteiger partial charge in [0, 0.05) is 31.7 Å². The van der Waals surface area contributed by atoms with Crippen LogP contribution in [0.15, 0.2) is 30.3 Å². The van der Waals surface area contributed by atoms with Gasteiger partial charge < -0.3 is 15.0 Å². The Labute approximate surface area is 158 Å². The van der Waals surface area contributed by atoms with E-state index in [4.69, 9.17) is 4.74 Å². The standard InChI is InChI=1S/C17H23N3O6S/c1-13(18-16(22)14-6-4-3-5-7-14)17(23)26-12-15(21)19-8-10-20(11-9-19)27(2,24)25/h3-7,13H,8-12H2,1-2H3,(H,18,22)/t13-/m0/s1. The van der Waals surface area contributed by atoms with Crippen LogP contribution in [0.4, 0.5) is 0 Å². The number of amides is 2. The van der Waals surface area contributed by atoms with E-state index in [2.05, 4.69) is 5.32 Å². The van der Waals surface area contributed by atoms with Gasteiger partial charge in [0.1, 0.15) is 6.04 Å². The second-order valence-corrected chi connectivity index (χ2v) is 8.19. The smallest absolute Gasteiger partial charge is 0.328 e. The normalized spacial score (nSPS) is 16.4. The van der Waals surface area contributed by atoms with Gasteiger partial charge in [-0.3, -0.25) is 9.59 Å². The van der Waals surface area contributed by atoms with Crippen LogP contribution in [0, 0.1) is 0 Å². The molecule has 1 aromatic rings. The molecule has 2 rings (SSSR count). The SMILES string of the molecule is C[C@H](NC(=O)c1ccccc1)C(=O)OCC(=O)N1CCN(S(C)(=O)=O)CC1. The van der Waals surface area contributed by atoms with Gasteiger partial charge in [-0.25, -0.2) is 13.2 Å². The second kappa shape index (κ2) is 8.96. The fraction of sp³-hybridized carbons (Fsp3) is 0.471. The first-order valence-electron chi connectivity index (χ1n) is 8.44. The maximum absolute atomic E-state index is 12.1. The first kappa shape index (κ1) is 20.8. The number of benzene rings is 1. The molecule has 9 nitrogen and oxygen atoms in total. The van der Waals surface area contributed by atoms with Crippen LogP contribution in [-0.4, -0.2) is 80.5 Å². The van der Waals surface area contributed by atoms with Crippen molar-refractivity contribution < 1.29 is 27.5 Å². The van der Waals surface area contributed by atoms with E-state index >= 15 is 0 Å². The van der Waals surface area contributed by atoms with Gasteiger partial charge in [-0.2, -0.15) is 4.31 Å². The minimum Gasteiger partial charge on any atom is -0.454 e. The summed E-state index contributed by atoms with van der Waals surface area (Å²) in [4.78, 5) is 37.6. The number of rotatable bonds is 6. The summed E-state index contributed by atoms with van der Waals surface area (Å²) in [5, 5.41) is 2.51. The lowest BCUT2D eigenvalue weighted by Gasteiger charge is -2.33. The molecule has 1 aromatic carbocycles. The molecule has 0 bridgehead atoms. The molecule has 2 amide bonds. The third-order valence-corrected chi connectivity index (χ3v) is 5.44. The molecule has 1 aliphatic rings. The molecule has 0 saturated carbocycles. The van der Waals surface area contributed by atoms with Crippen molar-refractivity contribution in [2.45, 2.75) is 13.0 Å². The Morgan fingerprint density at radius 2 is 1.70 bits per heavy atom. The molecular formula is C17H23N3O6S. The minimum atomic E-state index is -3.28. The summed E-state index contributed by atoms with van der Waals surface area (Å²) in [7, 11) is -3.28. The Morgan fingerprint density at radius 1 is 1.11 bits per heavy atom. The molecule has 1 fully saturated rings. The third-order valence-electron chi connectivity index (χ3n) is 4.14. The number of carbonyl (C=O) groups is 3. The first-order valence-corrected chi connectivity index (χ1v) is 10.3. The highest BCUT2D eigenvalue weighted by Crippen LogP contribution is 2.06. The van der Waals surface area contributed by atoms with E-state index in [1.165, 1.54) is 16.1 Å².